The summed E-state index contributed by atoms with van der Waals surface area (Å²) in [5, 5.41) is 14.3. The summed E-state index contributed by atoms with van der Waals surface area (Å²) in [6.45, 7) is -0.515. The van der Waals surface area contributed by atoms with Crippen LogP contribution in [0.1, 0.15) is 5.56 Å². The number of nitrogens with zero attached hydrogens (tertiary/aromatic N) is 1. The quantitative estimate of drug-likeness (QED) is 0.452. The lowest BCUT2D eigenvalue weighted by atomic mass is 10.1. The van der Waals surface area contributed by atoms with E-state index >= 15 is 0 Å². The van der Waals surface area contributed by atoms with Crippen LogP contribution in [0.4, 0.5) is 0 Å². The second-order valence-corrected chi connectivity index (χ2v) is 7.80. The lowest BCUT2D eigenvalue weighted by molar-refractivity contribution is -0.139. The molecule has 0 spiro atoms. The van der Waals surface area contributed by atoms with Gasteiger partial charge in [-0.05, 0) is 46.7 Å². The van der Waals surface area contributed by atoms with Gasteiger partial charge in [0.1, 0.15) is 5.75 Å². The zero-order valence-electron chi connectivity index (χ0n) is 14.4. The highest BCUT2D eigenvalue weighted by molar-refractivity contribution is 7.89. The molecule has 0 heterocycles. The van der Waals surface area contributed by atoms with E-state index in [2.05, 4.69) is 9.93 Å². The van der Waals surface area contributed by atoms with Gasteiger partial charge in [0.05, 0.1) is 16.1 Å². The maximum atomic E-state index is 12.4. The highest BCUT2D eigenvalue weighted by atomic mass is 35.5. The van der Waals surface area contributed by atoms with Gasteiger partial charge in [-0.2, -0.15) is 13.5 Å². The van der Waals surface area contributed by atoms with Gasteiger partial charge < -0.3 is 9.84 Å². The summed E-state index contributed by atoms with van der Waals surface area (Å²) in [5.74, 6) is -0.914. The first-order valence-corrected chi connectivity index (χ1v) is 9.89. The van der Waals surface area contributed by atoms with Crippen molar-refractivity contribution in [2.45, 2.75) is 4.90 Å². The van der Waals surface area contributed by atoms with Gasteiger partial charge in [-0.1, -0.05) is 41.9 Å². The molecule has 0 saturated heterocycles. The van der Waals surface area contributed by atoms with Crippen molar-refractivity contribution in [3.63, 3.8) is 0 Å². The first-order chi connectivity index (χ1) is 13.3. The molecule has 7 nitrogen and oxygen atoms in total. The van der Waals surface area contributed by atoms with Gasteiger partial charge in [0, 0.05) is 0 Å². The Morgan fingerprint density at radius 2 is 1.86 bits per heavy atom. The summed E-state index contributed by atoms with van der Waals surface area (Å²) in [7, 11) is -3.83. The number of carbonyl (C=O) groups is 1. The molecule has 3 rings (SSSR count). The van der Waals surface area contributed by atoms with Gasteiger partial charge in [-0.15, -0.1) is 0 Å². The van der Waals surface area contributed by atoms with Crippen molar-refractivity contribution in [2.75, 3.05) is 6.61 Å². The smallest absolute Gasteiger partial charge is 0.341 e. The molecule has 0 aliphatic rings. The molecule has 28 heavy (non-hydrogen) atoms. The maximum absolute atomic E-state index is 12.4. The zero-order chi connectivity index (χ0) is 20.1. The molecular weight excluding hydrogens is 404 g/mol. The second kappa shape index (κ2) is 8.28. The average molecular weight is 419 g/mol. The van der Waals surface area contributed by atoms with Gasteiger partial charge in [-0.3, -0.25) is 0 Å². The molecule has 0 amide bonds. The minimum absolute atomic E-state index is 0.0961. The highest BCUT2D eigenvalue weighted by Crippen LogP contribution is 2.25. The van der Waals surface area contributed by atoms with Gasteiger partial charge in [0.25, 0.3) is 10.0 Å². The van der Waals surface area contributed by atoms with Crippen LogP contribution in [-0.4, -0.2) is 32.3 Å². The molecule has 0 aromatic heterocycles. The number of ether oxygens (including phenoxy) is 1. The summed E-state index contributed by atoms with van der Waals surface area (Å²) in [4.78, 5) is 12.8. The number of rotatable bonds is 7. The molecule has 2 N–H and O–H groups in total. The lowest BCUT2D eigenvalue weighted by Crippen LogP contribution is -2.18. The first-order valence-electron chi connectivity index (χ1n) is 8.03. The van der Waals surface area contributed by atoms with E-state index in [-0.39, 0.29) is 15.7 Å². The van der Waals surface area contributed by atoms with Crippen LogP contribution < -0.4 is 9.57 Å². The Labute approximate surface area is 166 Å². The predicted molar refractivity (Wildman–Crippen MR) is 106 cm³/mol. The number of sulfonamides is 1. The fourth-order valence-electron chi connectivity index (χ4n) is 2.41. The third kappa shape index (κ3) is 4.79. The Kier molecular flexibility index (Phi) is 5.81. The first kappa shape index (κ1) is 19.7. The third-order valence-corrected chi connectivity index (χ3v) is 5.24. The SMILES string of the molecule is O=C(O)COc1ccc(/C=N/NS(=O)(=O)c2ccc3ccccc3c2)cc1Cl. The van der Waals surface area contributed by atoms with Crippen LogP contribution in [0.2, 0.25) is 5.02 Å². The number of aliphatic carboxylic acids is 1. The Morgan fingerprint density at radius 1 is 1.11 bits per heavy atom. The van der Waals surface area contributed by atoms with E-state index in [1.54, 1.807) is 18.2 Å². The number of hydrogen-bond acceptors (Lipinski definition) is 5. The van der Waals surface area contributed by atoms with E-state index in [0.29, 0.717) is 5.56 Å². The molecule has 3 aromatic carbocycles. The van der Waals surface area contributed by atoms with Crippen molar-refractivity contribution in [1.29, 1.82) is 0 Å². The molecule has 0 saturated carbocycles. The van der Waals surface area contributed by atoms with Crippen molar-refractivity contribution in [1.82, 2.24) is 4.83 Å². The molecule has 144 valence electrons. The van der Waals surface area contributed by atoms with Gasteiger partial charge >= 0.3 is 5.97 Å². The van der Waals surface area contributed by atoms with Crippen LogP contribution in [0.15, 0.2) is 70.7 Å². The number of carboxylic acids is 1. The third-order valence-electron chi connectivity index (χ3n) is 3.72. The Morgan fingerprint density at radius 3 is 2.57 bits per heavy atom. The minimum atomic E-state index is -3.83. The van der Waals surface area contributed by atoms with Crippen molar-refractivity contribution in [3.05, 3.63) is 71.2 Å². The normalized spacial score (nSPS) is 11.6. The molecule has 0 aliphatic carbocycles. The summed E-state index contributed by atoms with van der Waals surface area (Å²) in [6.07, 6.45) is 1.28. The lowest BCUT2D eigenvalue weighted by Gasteiger charge is -2.06. The van der Waals surface area contributed by atoms with E-state index < -0.39 is 22.6 Å². The number of benzene rings is 3. The number of halogens is 1. The van der Waals surface area contributed by atoms with E-state index in [1.165, 1.54) is 24.4 Å². The van der Waals surface area contributed by atoms with Crippen molar-refractivity contribution in [3.8, 4) is 5.75 Å². The molecule has 0 aliphatic heterocycles. The number of fused-ring (bicyclic) bond motifs is 1. The van der Waals surface area contributed by atoms with Crippen LogP contribution in [0, 0.1) is 0 Å². The van der Waals surface area contributed by atoms with E-state index in [4.69, 9.17) is 21.4 Å². The van der Waals surface area contributed by atoms with E-state index in [0.717, 1.165) is 10.8 Å². The van der Waals surface area contributed by atoms with E-state index in [9.17, 15) is 13.2 Å². The van der Waals surface area contributed by atoms with Gasteiger partial charge in [0.2, 0.25) is 0 Å². The molecule has 0 radical (unpaired) electrons. The molecule has 0 unspecified atom stereocenters. The number of hydrogen-bond donors (Lipinski definition) is 2. The van der Waals surface area contributed by atoms with Crippen LogP contribution in [0.3, 0.4) is 0 Å². The number of carboxylic acid groups (broad SMARTS) is 1. The number of nitrogens with one attached hydrogen (secondary N) is 1. The Balaban J connectivity index is 1.72. The van der Waals surface area contributed by atoms with E-state index in [1.807, 2.05) is 24.3 Å². The maximum Gasteiger partial charge on any atom is 0.341 e. The predicted octanol–water partition coefficient (Wildman–Crippen LogP) is 3.27. The highest BCUT2D eigenvalue weighted by Gasteiger charge is 2.13. The standard InChI is InChI=1S/C19H15ClN2O5S/c20-17-9-13(5-8-18(17)27-12-19(23)24)11-21-22-28(25,26)16-7-6-14-3-1-2-4-15(14)10-16/h1-11,22H,12H2,(H,23,24)/b21-11+. The average Bonchev–Trinajstić information content (AvgIpc) is 2.66. The minimum Gasteiger partial charge on any atom is -0.480 e. The molecule has 3 aromatic rings. The number of hydrazone groups is 1. The fraction of sp³-hybridized carbons (Fsp3) is 0.0526. The largest absolute Gasteiger partial charge is 0.480 e. The summed E-state index contributed by atoms with van der Waals surface area (Å²) in [6, 6.07) is 16.7. The van der Waals surface area contributed by atoms with Gasteiger partial charge in [-0.25, -0.2) is 9.63 Å². The van der Waals surface area contributed by atoms with Crippen molar-refractivity contribution in [2.24, 2.45) is 5.10 Å². The zero-order valence-corrected chi connectivity index (χ0v) is 15.9. The fourth-order valence-corrected chi connectivity index (χ4v) is 3.48. The Bertz CT molecular complexity index is 1160. The molecule has 9 heteroatoms. The molecule has 0 fully saturated rings. The van der Waals surface area contributed by atoms with Gasteiger partial charge in [0.15, 0.2) is 6.61 Å². The molecular formula is C19H15ClN2O5S. The topological polar surface area (TPSA) is 105 Å². The molecule has 0 bridgehead atoms. The van der Waals surface area contributed by atoms with Crippen LogP contribution in [-0.2, 0) is 14.8 Å². The summed E-state index contributed by atoms with van der Waals surface area (Å²) in [5.41, 5.74) is 0.508. The Hall–Kier alpha value is -3.10. The van der Waals surface area contributed by atoms with Crippen molar-refractivity contribution < 1.29 is 23.1 Å². The molecule has 0 atom stereocenters. The van der Waals surface area contributed by atoms with Crippen LogP contribution in [0.5, 0.6) is 5.75 Å². The monoisotopic (exact) mass is 418 g/mol. The van der Waals surface area contributed by atoms with Crippen LogP contribution in [0.25, 0.3) is 10.8 Å². The van der Waals surface area contributed by atoms with Crippen LogP contribution >= 0.6 is 11.6 Å². The second-order valence-electron chi connectivity index (χ2n) is 5.73. The summed E-state index contributed by atoms with van der Waals surface area (Å²) < 4.78 is 29.8. The van der Waals surface area contributed by atoms with Crippen molar-refractivity contribution >= 4 is 44.6 Å². The summed E-state index contributed by atoms with van der Waals surface area (Å²) >= 11 is 6.01.